The summed E-state index contributed by atoms with van der Waals surface area (Å²) in [5.41, 5.74) is 7.22. The van der Waals surface area contributed by atoms with E-state index in [1.165, 1.54) is 6.33 Å². The lowest BCUT2D eigenvalue weighted by molar-refractivity contribution is 0.178. The second-order valence-electron chi connectivity index (χ2n) is 2.94. The molecule has 0 aromatic carbocycles. The molecule has 2 aromatic heterocycles. The first-order valence-corrected chi connectivity index (χ1v) is 4.21. The average molecular weight is 193 g/mol. The first kappa shape index (κ1) is 9.04. The lowest BCUT2D eigenvalue weighted by atomic mass is 10.3. The number of nitrogens with zero attached hydrogens (tertiary/aromatic N) is 3. The van der Waals surface area contributed by atoms with Gasteiger partial charge in [-0.3, -0.25) is 0 Å². The summed E-state index contributed by atoms with van der Waals surface area (Å²) in [6.45, 7) is 0.424. The van der Waals surface area contributed by atoms with Crippen LogP contribution in [0.1, 0.15) is 11.9 Å². The van der Waals surface area contributed by atoms with Crippen molar-refractivity contribution in [2.45, 2.75) is 6.04 Å². The fourth-order valence-electron chi connectivity index (χ4n) is 1.21. The maximum atomic E-state index is 5.80. The molecule has 0 radical (unpaired) electrons. The van der Waals surface area contributed by atoms with Crippen LogP contribution in [0, 0.1) is 0 Å². The minimum Gasteiger partial charge on any atom is -0.383 e. The van der Waals surface area contributed by atoms with E-state index >= 15 is 0 Å². The molecule has 14 heavy (non-hydrogen) atoms. The number of fused-ring (bicyclic) bond motifs is 1. The van der Waals surface area contributed by atoms with Crippen LogP contribution >= 0.6 is 0 Å². The summed E-state index contributed by atoms with van der Waals surface area (Å²) in [5.74, 6) is 0.669. The summed E-state index contributed by atoms with van der Waals surface area (Å²) in [6, 6.07) is -0.255. The summed E-state index contributed by atoms with van der Waals surface area (Å²) < 4.78 is 4.93. The Kier molecular flexibility index (Phi) is 2.38. The Morgan fingerprint density at radius 3 is 3.21 bits per heavy atom. The number of aromatic nitrogens is 4. The van der Waals surface area contributed by atoms with Gasteiger partial charge in [0.25, 0.3) is 0 Å². The summed E-state index contributed by atoms with van der Waals surface area (Å²) in [4.78, 5) is 15.1. The molecule has 0 saturated carbocycles. The largest absolute Gasteiger partial charge is 0.383 e. The highest BCUT2D eigenvalue weighted by Crippen LogP contribution is 2.11. The molecule has 74 valence electrons. The van der Waals surface area contributed by atoms with Gasteiger partial charge in [-0.15, -0.1) is 0 Å². The Bertz CT molecular complexity index is 393. The number of imidazole rings is 1. The summed E-state index contributed by atoms with van der Waals surface area (Å²) >= 11 is 0. The number of hydrogen-bond acceptors (Lipinski definition) is 5. The molecule has 1 unspecified atom stereocenters. The molecule has 0 saturated heterocycles. The molecule has 0 fully saturated rings. The van der Waals surface area contributed by atoms with Gasteiger partial charge >= 0.3 is 0 Å². The molecule has 3 N–H and O–H groups in total. The lowest BCUT2D eigenvalue weighted by Gasteiger charge is -2.05. The minimum absolute atomic E-state index is 0.255. The molecular formula is C8H11N5O. The van der Waals surface area contributed by atoms with Crippen LogP contribution in [0.4, 0.5) is 0 Å². The van der Waals surface area contributed by atoms with Crippen molar-refractivity contribution in [3.05, 3.63) is 18.3 Å². The predicted molar refractivity (Wildman–Crippen MR) is 50.5 cm³/mol. The highest BCUT2D eigenvalue weighted by Gasteiger charge is 2.10. The average Bonchev–Trinajstić information content (AvgIpc) is 2.61. The number of methoxy groups -OCH3 is 1. The smallest absolute Gasteiger partial charge is 0.180 e. The topological polar surface area (TPSA) is 89.7 Å². The van der Waals surface area contributed by atoms with E-state index in [1.54, 1.807) is 13.3 Å². The van der Waals surface area contributed by atoms with E-state index in [0.29, 0.717) is 18.1 Å². The zero-order chi connectivity index (χ0) is 9.97. The van der Waals surface area contributed by atoms with Crippen molar-refractivity contribution in [3.63, 3.8) is 0 Å². The SMILES string of the molecule is COCC(N)c1nc2ncncc2[nH]1. The molecule has 0 bridgehead atoms. The Morgan fingerprint density at radius 2 is 2.50 bits per heavy atom. The van der Waals surface area contributed by atoms with Crippen LogP contribution in [0.25, 0.3) is 11.2 Å². The molecule has 0 amide bonds. The molecule has 0 aliphatic heterocycles. The van der Waals surface area contributed by atoms with Crippen molar-refractivity contribution < 1.29 is 4.74 Å². The van der Waals surface area contributed by atoms with E-state index in [0.717, 1.165) is 5.52 Å². The van der Waals surface area contributed by atoms with Gasteiger partial charge in [-0.25, -0.2) is 15.0 Å². The van der Waals surface area contributed by atoms with Gasteiger partial charge in [0.15, 0.2) is 5.65 Å². The monoisotopic (exact) mass is 193 g/mol. The molecule has 0 aliphatic carbocycles. The zero-order valence-electron chi connectivity index (χ0n) is 7.77. The number of hydrogen-bond donors (Lipinski definition) is 2. The molecule has 0 aliphatic rings. The van der Waals surface area contributed by atoms with E-state index in [2.05, 4.69) is 19.9 Å². The second kappa shape index (κ2) is 3.69. The summed E-state index contributed by atoms with van der Waals surface area (Å²) in [5, 5.41) is 0. The molecule has 2 aromatic rings. The van der Waals surface area contributed by atoms with Crippen molar-refractivity contribution >= 4 is 11.2 Å². The van der Waals surface area contributed by atoms with Crippen molar-refractivity contribution in [2.75, 3.05) is 13.7 Å². The number of nitrogens with two attached hydrogens (primary N) is 1. The Labute approximate surface area is 80.5 Å². The molecular weight excluding hydrogens is 182 g/mol. The van der Waals surface area contributed by atoms with E-state index in [-0.39, 0.29) is 6.04 Å². The van der Waals surface area contributed by atoms with Crippen LogP contribution in [0.3, 0.4) is 0 Å². The highest BCUT2D eigenvalue weighted by atomic mass is 16.5. The third kappa shape index (κ3) is 1.57. The minimum atomic E-state index is -0.255. The molecule has 2 heterocycles. The number of rotatable bonds is 3. The summed E-state index contributed by atoms with van der Waals surface area (Å²) in [7, 11) is 1.60. The number of H-pyrrole nitrogens is 1. The Hall–Kier alpha value is -1.53. The maximum absolute atomic E-state index is 5.80. The van der Waals surface area contributed by atoms with Gasteiger partial charge in [0, 0.05) is 7.11 Å². The van der Waals surface area contributed by atoms with E-state index in [9.17, 15) is 0 Å². The first-order valence-electron chi connectivity index (χ1n) is 4.21. The Morgan fingerprint density at radius 1 is 1.64 bits per heavy atom. The van der Waals surface area contributed by atoms with Crippen LogP contribution in [0.5, 0.6) is 0 Å². The van der Waals surface area contributed by atoms with Gasteiger partial charge in [-0.05, 0) is 0 Å². The molecule has 2 rings (SSSR count). The quantitative estimate of drug-likeness (QED) is 0.716. The van der Waals surface area contributed by atoms with Crippen molar-refractivity contribution in [2.24, 2.45) is 5.73 Å². The predicted octanol–water partition coefficient (Wildman–Crippen LogP) is -0.000900. The summed E-state index contributed by atoms with van der Waals surface area (Å²) in [6.07, 6.45) is 3.12. The van der Waals surface area contributed by atoms with Crippen molar-refractivity contribution in [1.82, 2.24) is 19.9 Å². The van der Waals surface area contributed by atoms with Gasteiger partial charge in [0.1, 0.15) is 17.7 Å². The lowest BCUT2D eigenvalue weighted by Crippen LogP contribution is -2.17. The van der Waals surface area contributed by atoms with Crippen molar-refractivity contribution in [1.29, 1.82) is 0 Å². The van der Waals surface area contributed by atoms with Crippen LogP contribution in [-0.2, 0) is 4.74 Å². The molecule has 6 heteroatoms. The number of aromatic amines is 1. The van der Waals surface area contributed by atoms with Crippen LogP contribution in [0.2, 0.25) is 0 Å². The van der Waals surface area contributed by atoms with Crippen LogP contribution in [0.15, 0.2) is 12.5 Å². The second-order valence-corrected chi connectivity index (χ2v) is 2.94. The fourth-order valence-corrected chi connectivity index (χ4v) is 1.21. The molecule has 1 atom stereocenters. The van der Waals surface area contributed by atoms with E-state index < -0.39 is 0 Å². The van der Waals surface area contributed by atoms with Gasteiger partial charge < -0.3 is 15.5 Å². The normalized spacial score (nSPS) is 13.3. The standard InChI is InChI=1S/C8H11N5O/c1-14-3-5(9)7-12-6-2-10-4-11-8(6)13-7/h2,4-5H,3,9H2,1H3,(H,10,11,12,13). The van der Waals surface area contributed by atoms with E-state index in [1.807, 2.05) is 0 Å². The van der Waals surface area contributed by atoms with Crippen LogP contribution < -0.4 is 5.73 Å². The maximum Gasteiger partial charge on any atom is 0.180 e. The van der Waals surface area contributed by atoms with Crippen LogP contribution in [-0.4, -0.2) is 33.7 Å². The first-order chi connectivity index (χ1) is 6.81. The molecule has 6 nitrogen and oxygen atoms in total. The third-order valence-electron chi connectivity index (χ3n) is 1.88. The van der Waals surface area contributed by atoms with Gasteiger partial charge in [-0.2, -0.15) is 0 Å². The van der Waals surface area contributed by atoms with Crippen molar-refractivity contribution in [3.8, 4) is 0 Å². The van der Waals surface area contributed by atoms with E-state index in [4.69, 9.17) is 10.5 Å². The zero-order valence-corrected chi connectivity index (χ0v) is 7.77. The molecule has 0 spiro atoms. The van der Waals surface area contributed by atoms with Gasteiger partial charge in [-0.1, -0.05) is 0 Å². The number of nitrogens with one attached hydrogen (secondary N) is 1. The third-order valence-corrected chi connectivity index (χ3v) is 1.88. The Balaban J connectivity index is 2.35. The van der Waals surface area contributed by atoms with Gasteiger partial charge in [0.05, 0.1) is 18.8 Å². The van der Waals surface area contributed by atoms with Gasteiger partial charge in [0.2, 0.25) is 0 Å². The fraction of sp³-hybridized carbons (Fsp3) is 0.375. The highest BCUT2D eigenvalue weighted by molar-refractivity contribution is 5.68. The number of ether oxygens (including phenoxy) is 1.